The van der Waals surface area contributed by atoms with Crippen LogP contribution in [0.3, 0.4) is 0 Å². The van der Waals surface area contributed by atoms with Crippen molar-refractivity contribution in [2.45, 2.75) is 123 Å². The first-order valence-electron chi connectivity index (χ1n) is 16.1. The smallest absolute Gasteiger partial charge is 0.246 e. The predicted octanol–water partition coefficient (Wildman–Crippen LogP) is 6.69. The fourth-order valence-electron chi connectivity index (χ4n) is 5.69. The van der Waals surface area contributed by atoms with Crippen LogP contribution in [-0.4, -0.2) is 62.8 Å². The summed E-state index contributed by atoms with van der Waals surface area (Å²) in [5.41, 5.74) is 4.27. The summed E-state index contributed by atoms with van der Waals surface area (Å²) in [6.07, 6.45) is 8.77. The minimum Gasteiger partial charge on any atom is -0.391 e. The number of carbonyl (C=O) groups excluding carboxylic acids is 3. The molecule has 0 saturated carbocycles. The second-order valence-electron chi connectivity index (χ2n) is 13.1. The summed E-state index contributed by atoms with van der Waals surface area (Å²) < 4.78 is 0. The molecule has 1 aliphatic heterocycles. The van der Waals surface area contributed by atoms with Crippen LogP contribution in [0.5, 0.6) is 0 Å². The number of aromatic nitrogens is 1. The Hall–Kier alpha value is -2.30. The van der Waals surface area contributed by atoms with Crippen molar-refractivity contribution in [1.82, 2.24) is 20.5 Å². The van der Waals surface area contributed by atoms with Crippen LogP contribution in [0.4, 0.5) is 0 Å². The highest BCUT2D eigenvalue weighted by molar-refractivity contribution is 9.09. The van der Waals surface area contributed by atoms with Gasteiger partial charge >= 0.3 is 0 Å². The van der Waals surface area contributed by atoms with Gasteiger partial charge in [-0.1, -0.05) is 99.5 Å². The van der Waals surface area contributed by atoms with Crippen LogP contribution < -0.4 is 10.6 Å². The molecule has 8 nitrogen and oxygen atoms in total. The minimum atomic E-state index is -0.810. The highest BCUT2D eigenvalue weighted by Crippen LogP contribution is 2.29. The first kappa shape index (κ1) is 36.2. The van der Waals surface area contributed by atoms with E-state index in [0.29, 0.717) is 6.42 Å². The van der Waals surface area contributed by atoms with Crippen molar-refractivity contribution in [1.29, 1.82) is 0 Å². The van der Waals surface area contributed by atoms with E-state index < -0.39 is 23.6 Å². The van der Waals surface area contributed by atoms with Crippen molar-refractivity contribution >= 4 is 45.0 Å². The van der Waals surface area contributed by atoms with Gasteiger partial charge in [0, 0.05) is 24.7 Å². The summed E-state index contributed by atoms with van der Waals surface area (Å²) >= 11 is 5.06. The number of benzene rings is 1. The third-order valence-corrected chi connectivity index (χ3v) is 9.89. The number of aliphatic hydroxyl groups excluding tert-OH is 1. The number of β-amino-alcohol motifs (C(OH)–C–C–N with tert-alkyl or cyclic N) is 1. The zero-order valence-electron chi connectivity index (χ0n) is 27.0. The van der Waals surface area contributed by atoms with Crippen LogP contribution in [0.25, 0.3) is 10.4 Å². The number of aryl methyl sites for hydroxylation is 1. The number of halogens is 1. The summed E-state index contributed by atoms with van der Waals surface area (Å²) in [6.45, 7) is 9.68. The third-order valence-electron chi connectivity index (χ3n) is 8.35. The average molecular weight is 692 g/mol. The van der Waals surface area contributed by atoms with E-state index in [2.05, 4.69) is 31.5 Å². The van der Waals surface area contributed by atoms with Crippen molar-refractivity contribution in [3.05, 3.63) is 41.0 Å². The Kier molecular flexibility index (Phi) is 14.3. The Balaban J connectivity index is 1.56. The Bertz CT molecular complexity index is 1210. The molecule has 1 aromatic carbocycles. The van der Waals surface area contributed by atoms with Crippen molar-refractivity contribution in [2.24, 2.45) is 5.41 Å². The minimum absolute atomic E-state index is 0.0618. The molecule has 10 heteroatoms. The molecule has 1 saturated heterocycles. The number of likely N-dealkylation sites (tertiary alicyclic amines) is 1. The summed E-state index contributed by atoms with van der Waals surface area (Å²) in [4.78, 5) is 47.1. The third kappa shape index (κ3) is 10.7. The summed E-state index contributed by atoms with van der Waals surface area (Å²) in [5, 5.41) is 17.6. The summed E-state index contributed by atoms with van der Waals surface area (Å²) in [5.74, 6) is -0.791. The van der Waals surface area contributed by atoms with E-state index >= 15 is 0 Å². The van der Waals surface area contributed by atoms with Gasteiger partial charge in [0.1, 0.15) is 12.1 Å². The molecule has 244 valence electrons. The molecule has 2 aromatic rings. The van der Waals surface area contributed by atoms with E-state index in [9.17, 15) is 19.5 Å². The number of alkyl halides is 1. The molecule has 0 aliphatic carbocycles. The largest absolute Gasteiger partial charge is 0.391 e. The maximum absolute atomic E-state index is 13.9. The van der Waals surface area contributed by atoms with E-state index in [1.54, 1.807) is 11.3 Å². The topological polar surface area (TPSA) is 112 Å². The van der Waals surface area contributed by atoms with Gasteiger partial charge in [-0.05, 0) is 43.2 Å². The fourth-order valence-corrected chi connectivity index (χ4v) is 6.90. The molecule has 1 fully saturated rings. The zero-order valence-corrected chi connectivity index (χ0v) is 29.4. The lowest BCUT2D eigenvalue weighted by atomic mass is 9.85. The Morgan fingerprint density at radius 3 is 2.20 bits per heavy atom. The van der Waals surface area contributed by atoms with Gasteiger partial charge < -0.3 is 20.6 Å². The molecular weight excluding hydrogens is 640 g/mol. The number of aliphatic hydroxyl groups is 1. The number of rotatable bonds is 16. The lowest BCUT2D eigenvalue weighted by Gasteiger charge is -2.35. The second-order valence-corrected chi connectivity index (χ2v) is 14.8. The molecule has 3 amide bonds. The maximum atomic E-state index is 13.9. The van der Waals surface area contributed by atoms with Gasteiger partial charge in [-0.3, -0.25) is 14.4 Å². The highest BCUT2D eigenvalue weighted by Gasteiger charge is 2.44. The van der Waals surface area contributed by atoms with Gasteiger partial charge in [0.25, 0.3) is 0 Å². The van der Waals surface area contributed by atoms with Crippen molar-refractivity contribution < 1.29 is 19.5 Å². The van der Waals surface area contributed by atoms with Gasteiger partial charge in [0.15, 0.2) is 0 Å². The van der Waals surface area contributed by atoms with Crippen molar-refractivity contribution in [3.8, 4) is 10.4 Å². The normalized spacial score (nSPS) is 18.2. The highest BCUT2D eigenvalue weighted by atomic mass is 79.9. The number of amides is 3. The molecule has 1 aromatic heterocycles. The first-order valence-corrected chi connectivity index (χ1v) is 18.1. The fraction of sp³-hybridized carbons (Fsp3) is 0.647. The van der Waals surface area contributed by atoms with Gasteiger partial charge in [-0.2, -0.15) is 0 Å². The number of nitrogens with one attached hydrogen (secondary N) is 2. The monoisotopic (exact) mass is 690 g/mol. The SMILES string of the molecule is Cc1ncsc1-c1ccc(C(C)NC(=O)C2CC(O)CN2C(=O)C(NC(=O)CCCCCCCCCCBr)C(C)(C)C)cc1. The van der Waals surface area contributed by atoms with E-state index in [1.165, 1.54) is 37.0 Å². The van der Waals surface area contributed by atoms with E-state index in [-0.39, 0.29) is 36.7 Å². The molecule has 0 spiro atoms. The van der Waals surface area contributed by atoms with Crippen LogP contribution in [0.1, 0.15) is 109 Å². The first-order chi connectivity index (χ1) is 20.9. The number of nitrogens with zero attached hydrogens (tertiary/aromatic N) is 2. The number of hydrogen-bond acceptors (Lipinski definition) is 6. The molecular formula is C34H51BrN4O4S. The van der Waals surface area contributed by atoms with Crippen LogP contribution in [0, 0.1) is 12.3 Å². The lowest BCUT2D eigenvalue weighted by Crippen LogP contribution is -2.57. The quantitative estimate of drug-likeness (QED) is 0.134. The Morgan fingerprint density at radius 2 is 1.64 bits per heavy atom. The molecule has 0 radical (unpaired) electrons. The van der Waals surface area contributed by atoms with Gasteiger partial charge in [0.2, 0.25) is 17.7 Å². The van der Waals surface area contributed by atoms with Crippen LogP contribution in [-0.2, 0) is 14.4 Å². The molecule has 3 N–H and O–H groups in total. The molecule has 4 unspecified atom stereocenters. The van der Waals surface area contributed by atoms with Crippen molar-refractivity contribution in [2.75, 3.05) is 11.9 Å². The Labute approximate surface area is 275 Å². The number of unbranched alkanes of at least 4 members (excludes halogenated alkanes) is 7. The second kappa shape index (κ2) is 17.4. The molecule has 44 heavy (non-hydrogen) atoms. The van der Waals surface area contributed by atoms with Crippen LogP contribution in [0.15, 0.2) is 29.8 Å². The number of carbonyl (C=O) groups is 3. The van der Waals surface area contributed by atoms with E-state index in [4.69, 9.17) is 0 Å². The van der Waals surface area contributed by atoms with Gasteiger partial charge in [-0.15, -0.1) is 11.3 Å². The lowest BCUT2D eigenvalue weighted by molar-refractivity contribution is -0.144. The number of thiazole rings is 1. The molecule has 1 aliphatic rings. The average Bonchev–Trinajstić information content (AvgIpc) is 3.59. The molecule has 4 atom stereocenters. The van der Waals surface area contributed by atoms with Crippen LogP contribution >= 0.6 is 27.3 Å². The molecule has 0 bridgehead atoms. The van der Waals surface area contributed by atoms with Crippen LogP contribution in [0.2, 0.25) is 0 Å². The van der Waals surface area contributed by atoms with E-state index in [1.807, 2.05) is 64.4 Å². The standard InChI is InChI=1S/C34H51BrN4O4S/c1-23(25-15-17-26(18-16-25)30-24(2)36-22-44-30)37-32(42)28-20-27(40)21-39(28)33(43)31(34(3,4)5)38-29(41)14-12-10-8-6-7-9-11-13-19-35/h15-18,22-23,27-28,31,40H,6-14,19-21H2,1-5H3,(H,37,42)(H,38,41). The molecule has 3 rings (SSSR count). The molecule has 2 heterocycles. The zero-order chi connectivity index (χ0) is 32.3. The van der Waals surface area contributed by atoms with E-state index in [0.717, 1.165) is 46.3 Å². The summed E-state index contributed by atoms with van der Waals surface area (Å²) in [7, 11) is 0. The Morgan fingerprint density at radius 1 is 1.02 bits per heavy atom. The van der Waals surface area contributed by atoms with Crippen molar-refractivity contribution in [3.63, 3.8) is 0 Å². The predicted molar refractivity (Wildman–Crippen MR) is 182 cm³/mol. The summed E-state index contributed by atoms with van der Waals surface area (Å²) in [6, 6.07) is 6.13. The van der Waals surface area contributed by atoms with Gasteiger partial charge in [-0.25, -0.2) is 4.98 Å². The van der Waals surface area contributed by atoms with Gasteiger partial charge in [0.05, 0.1) is 28.2 Å². The maximum Gasteiger partial charge on any atom is 0.246 e. The number of hydrogen-bond donors (Lipinski definition) is 3.